The summed E-state index contributed by atoms with van der Waals surface area (Å²) in [6.07, 6.45) is 0. The number of hydrogen-bond donors (Lipinski definition) is 0. The Bertz CT molecular complexity index is 521. The third kappa shape index (κ3) is 1.59. The minimum atomic E-state index is 0.896. The molecule has 1 aromatic carbocycles. The molecule has 0 atom stereocenters. The average Bonchev–Trinajstić information content (AvgIpc) is 2.38. The van der Waals surface area contributed by atoms with Crippen LogP contribution in [0.2, 0.25) is 0 Å². The molecule has 0 spiro atoms. The fourth-order valence-electron chi connectivity index (χ4n) is 2.21. The Hall–Kier alpha value is -1.15. The molecule has 0 bridgehead atoms. The van der Waals surface area contributed by atoms with Crippen LogP contribution in [0.5, 0.6) is 0 Å². The molecule has 1 nitrogen and oxygen atoms in total. The zero-order valence-electron chi connectivity index (χ0n) is 9.37. The second-order valence-electron chi connectivity index (χ2n) is 3.81. The molecule has 0 saturated carbocycles. The normalized spacial score (nSPS) is 10.9. The fourth-order valence-corrected chi connectivity index (χ4v) is 2.35. The lowest BCUT2D eigenvalue weighted by molar-refractivity contribution is 0.723. The molecule has 0 saturated heterocycles. The Morgan fingerprint density at radius 2 is 1.47 bits per heavy atom. The van der Waals surface area contributed by atoms with Crippen molar-refractivity contribution >= 4 is 23.0 Å². The molecule has 0 radical (unpaired) electrons. The van der Waals surface area contributed by atoms with Crippen molar-refractivity contribution in [3.05, 3.63) is 40.2 Å². The summed E-state index contributed by atoms with van der Waals surface area (Å²) < 4.78 is 3.24. The molecule has 0 aliphatic carbocycles. The number of aryl methyl sites for hydroxylation is 2. The van der Waals surface area contributed by atoms with Gasteiger partial charge in [-0.3, -0.25) is 0 Å². The van der Waals surface area contributed by atoms with Gasteiger partial charge < -0.3 is 4.57 Å². The van der Waals surface area contributed by atoms with Crippen molar-refractivity contribution in [2.24, 2.45) is 0 Å². The molecule has 2 rings (SSSR count). The van der Waals surface area contributed by atoms with E-state index in [1.165, 1.54) is 22.2 Å². The summed E-state index contributed by atoms with van der Waals surface area (Å²) >= 11 is 5.17. The molecule has 2 aromatic rings. The van der Waals surface area contributed by atoms with Crippen molar-refractivity contribution in [2.75, 3.05) is 0 Å². The predicted octanol–water partition coefficient (Wildman–Crippen LogP) is 4.01. The Morgan fingerprint density at radius 1 is 1.00 bits per heavy atom. The smallest absolute Gasteiger partial charge is 0.0377 e. The third-order valence-electron chi connectivity index (χ3n) is 3.02. The lowest BCUT2D eigenvalue weighted by Crippen LogP contribution is -1.98. The Morgan fingerprint density at radius 3 is 1.87 bits per heavy atom. The van der Waals surface area contributed by atoms with Crippen LogP contribution in [0.3, 0.4) is 0 Å². The minimum absolute atomic E-state index is 0.896. The summed E-state index contributed by atoms with van der Waals surface area (Å²) in [7, 11) is 0. The zero-order chi connectivity index (χ0) is 11.0. The van der Waals surface area contributed by atoms with Gasteiger partial charge in [-0.2, -0.15) is 0 Å². The summed E-state index contributed by atoms with van der Waals surface area (Å²) in [5.74, 6) is 0. The molecule has 0 N–H and O–H groups in total. The summed E-state index contributed by atoms with van der Waals surface area (Å²) in [5.41, 5.74) is 2.66. The van der Waals surface area contributed by atoms with E-state index in [0.29, 0.717) is 0 Å². The molecule has 15 heavy (non-hydrogen) atoms. The van der Waals surface area contributed by atoms with Gasteiger partial charge in [0.25, 0.3) is 0 Å². The van der Waals surface area contributed by atoms with Gasteiger partial charge in [0.2, 0.25) is 0 Å². The number of nitrogens with zero attached hydrogens (tertiary/aromatic N) is 1. The largest absolute Gasteiger partial charge is 0.348 e. The van der Waals surface area contributed by atoms with Gasteiger partial charge in [-0.05, 0) is 32.9 Å². The standard InChI is InChI=1S/C13H15NS/c1-4-14-9(2)12-7-5-11(15)6-8-13(12)10(14)3/h5-8H,4H2,1-3H3. The van der Waals surface area contributed by atoms with E-state index in [-0.39, 0.29) is 0 Å². The second-order valence-corrected chi connectivity index (χ2v) is 4.28. The van der Waals surface area contributed by atoms with Crippen LogP contribution < -0.4 is 0 Å². The summed E-state index contributed by atoms with van der Waals surface area (Å²) in [6, 6.07) is 8.27. The van der Waals surface area contributed by atoms with Gasteiger partial charge in [-0.1, -0.05) is 24.4 Å². The summed E-state index contributed by atoms with van der Waals surface area (Å²) in [6.45, 7) is 7.54. The first-order valence-electron chi connectivity index (χ1n) is 5.25. The maximum absolute atomic E-state index is 5.17. The van der Waals surface area contributed by atoms with Crippen molar-refractivity contribution in [3.63, 3.8) is 0 Å². The van der Waals surface area contributed by atoms with Crippen molar-refractivity contribution in [3.8, 4) is 0 Å². The van der Waals surface area contributed by atoms with Crippen LogP contribution in [-0.2, 0) is 6.54 Å². The van der Waals surface area contributed by atoms with Crippen molar-refractivity contribution in [2.45, 2.75) is 27.3 Å². The molecule has 2 heteroatoms. The quantitative estimate of drug-likeness (QED) is 0.653. The maximum atomic E-state index is 5.17. The molecule has 0 aliphatic heterocycles. The Balaban J connectivity index is 2.95. The Labute approximate surface area is 95.4 Å². The zero-order valence-corrected chi connectivity index (χ0v) is 10.2. The van der Waals surface area contributed by atoms with E-state index < -0.39 is 0 Å². The van der Waals surface area contributed by atoms with E-state index >= 15 is 0 Å². The molecule has 0 fully saturated rings. The van der Waals surface area contributed by atoms with Gasteiger partial charge in [0, 0.05) is 33.2 Å². The first-order chi connectivity index (χ1) is 7.15. The van der Waals surface area contributed by atoms with Crippen LogP contribution in [0.4, 0.5) is 0 Å². The van der Waals surface area contributed by atoms with Crippen LogP contribution in [0.25, 0.3) is 10.8 Å². The van der Waals surface area contributed by atoms with E-state index in [9.17, 15) is 0 Å². The van der Waals surface area contributed by atoms with Crippen LogP contribution in [-0.4, -0.2) is 4.57 Å². The second kappa shape index (κ2) is 3.78. The van der Waals surface area contributed by atoms with Crippen LogP contribution >= 0.6 is 12.2 Å². The van der Waals surface area contributed by atoms with Gasteiger partial charge in [-0.25, -0.2) is 0 Å². The number of hydrogen-bond acceptors (Lipinski definition) is 1. The van der Waals surface area contributed by atoms with Gasteiger partial charge >= 0.3 is 0 Å². The molecule has 0 unspecified atom stereocenters. The molecule has 1 heterocycles. The predicted molar refractivity (Wildman–Crippen MR) is 67.9 cm³/mol. The van der Waals surface area contributed by atoms with Crippen molar-refractivity contribution in [1.82, 2.24) is 4.57 Å². The monoisotopic (exact) mass is 217 g/mol. The van der Waals surface area contributed by atoms with Gasteiger partial charge in [-0.15, -0.1) is 0 Å². The fraction of sp³-hybridized carbons (Fsp3) is 0.308. The highest BCUT2D eigenvalue weighted by Crippen LogP contribution is 2.24. The van der Waals surface area contributed by atoms with Crippen LogP contribution in [0.1, 0.15) is 18.3 Å². The van der Waals surface area contributed by atoms with E-state index in [0.717, 1.165) is 11.1 Å². The minimum Gasteiger partial charge on any atom is -0.348 e. The van der Waals surface area contributed by atoms with E-state index in [1.807, 2.05) is 12.1 Å². The number of aromatic nitrogens is 1. The molecule has 0 amide bonds. The van der Waals surface area contributed by atoms with E-state index in [2.05, 4.69) is 37.5 Å². The van der Waals surface area contributed by atoms with E-state index in [4.69, 9.17) is 12.2 Å². The molecular formula is C13H15NS. The first kappa shape index (κ1) is 10.4. The molecule has 1 aromatic heterocycles. The van der Waals surface area contributed by atoms with Gasteiger partial charge in [0.15, 0.2) is 0 Å². The molecule has 0 aliphatic rings. The highest BCUT2D eigenvalue weighted by molar-refractivity contribution is 7.71. The van der Waals surface area contributed by atoms with Crippen LogP contribution in [0.15, 0.2) is 24.3 Å². The topological polar surface area (TPSA) is 4.93 Å². The third-order valence-corrected chi connectivity index (χ3v) is 3.30. The Kier molecular flexibility index (Phi) is 2.61. The number of fused-ring (bicyclic) bond motifs is 1. The summed E-state index contributed by atoms with van der Waals surface area (Å²) in [4.78, 5) is 0. The summed E-state index contributed by atoms with van der Waals surface area (Å²) in [5, 5.41) is 2.62. The van der Waals surface area contributed by atoms with Crippen LogP contribution in [0, 0.1) is 18.4 Å². The average molecular weight is 217 g/mol. The van der Waals surface area contributed by atoms with E-state index in [1.54, 1.807) is 0 Å². The van der Waals surface area contributed by atoms with Crippen molar-refractivity contribution < 1.29 is 0 Å². The molecular weight excluding hydrogens is 202 g/mol. The van der Waals surface area contributed by atoms with Gasteiger partial charge in [0.05, 0.1) is 0 Å². The lowest BCUT2D eigenvalue weighted by atomic mass is 10.2. The molecule has 78 valence electrons. The lowest BCUT2D eigenvalue weighted by Gasteiger charge is -2.03. The maximum Gasteiger partial charge on any atom is 0.0377 e. The van der Waals surface area contributed by atoms with Crippen molar-refractivity contribution in [1.29, 1.82) is 0 Å². The first-order valence-corrected chi connectivity index (χ1v) is 5.65. The highest BCUT2D eigenvalue weighted by atomic mass is 32.1. The van der Waals surface area contributed by atoms with Gasteiger partial charge in [0.1, 0.15) is 0 Å². The highest BCUT2D eigenvalue weighted by Gasteiger charge is 2.07. The SMILES string of the molecule is CCn1c(C)c2ccc(=S)ccc2c1C. The number of rotatable bonds is 1.